The fourth-order valence-electron chi connectivity index (χ4n) is 2.83. The Morgan fingerprint density at radius 2 is 1.74 bits per heavy atom. The standard InChI is InChI=1S/C18H28N2O2S/c1-12(2)23-17-10-4-14(5-11-17)13(3)19-18(22)20-15-6-8-16(21)9-7-15/h4-5,10-13,15-16,21H,6-9H2,1-3H3,(H2,19,20,22)/t13-,15?,16?/m0/s1. The molecule has 1 aromatic carbocycles. The normalized spacial score (nSPS) is 22.7. The van der Waals surface area contributed by atoms with Crippen molar-refractivity contribution in [1.29, 1.82) is 0 Å². The maximum absolute atomic E-state index is 12.1. The van der Waals surface area contributed by atoms with Crippen LogP contribution in [0.4, 0.5) is 4.79 Å². The summed E-state index contributed by atoms with van der Waals surface area (Å²) in [5, 5.41) is 16.1. The number of benzene rings is 1. The molecular weight excluding hydrogens is 308 g/mol. The van der Waals surface area contributed by atoms with Crippen molar-refractivity contribution in [1.82, 2.24) is 10.6 Å². The minimum absolute atomic E-state index is 0.0257. The van der Waals surface area contributed by atoms with E-state index in [4.69, 9.17) is 0 Å². The van der Waals surface area contributed by atoms with Gasteiger partial charge in [-0.3, -0.25) is 0 Å². The Bertz CT molecular complexity index is 496. The van der Waals surface area contributed by atoms with Gasteiger partial charge in [-0.25, -0.2) is 4.79 Å². The molecule has 0 aliphatic heterocycles. The lowest BCUT2D eigenvalue weighted by Gasteiger charge is -2.27. The highest BCUT2D eigenvalue weighted by Gasteiger charge is 2.21. The summed E-state index contributed by atoms with van der Waals surface area (Å²) in [6.07, 6.45) is 3.05. The summed E-state index contributed by atoms with van der Waals surface area (Å²) in [5.74, 6) is 0. The zero-order valence-corrected chi connectivity index (χ0v) is 15.0. The van der Waals surface area contributed by atoms with Crippen molar-refractivity contribution in [2.24, 2.45) is 0 Å². The lowest BCUT2D eigenvalue weighted by molar-refractivity contribution is 0.117. The van der Waals surface area contributed by atoms with Crippen LogP contribution in [-0.4, -0.2) is 28.5 Å². The van der Waals surface area contributed by atoms with Gasteiger partial charge < -0.3 is 15.7 Å². The van der Waals surface area contributed by atoms with Crippen LogP contribution in [0.5, 0.6) is 0 Å². The molecule has 1 fully saturated rings. The molecule has 23 heavy (non-hydrogen) atoms. The first-order valence-electron chi connectivity index (χ1n) is 8.45. The smallest absolute Gasteiger partial charge is 0.315 e. The number of thioether (sulfide) groups is 1. The number of rotatable bonds is 5. The van der Waals surface area contributed by atoms with E-state index in [9.17, 15) is 9.90 Å². The first kappa shape index (κ1) is 18.1. The molecule has 4 nitrogen and oxygen atoms in total. The molecule has 1 aliphatic rings. The van der Waals surface area contributed by atoms with E-state index in [1.54, 1.807) is 0 Å². The highest BCUT2D eigenvalue weighted by molar-refractivity contribution is 7.99. The molecule has 1 aliphatic carbocycles. The Morgan fingerprint density at radius 3 is 2.30 bits per heavy atom. The van der Waals surface area contributed by atoms with Gasteiger partial charge in [0.2, 0.25) is 0 Å². The van der Waals surface area contributed by atoms with Crippen molar-refractivity contribution in [2.45, 2.75) is 74.8 Å². The summed E-state index contributed by atoms with van der Waals surface area (Å²) < 4.78 is 0. The molecule has 128 valence electrons. The van der Waals surface area contributed by atoms with Gasteiger partial charge in [0.15, 0.2) is 0 Å². The Labute approximate surface area is 143 Å². The molecule has 1 saturated carbocycles. The van der Waals surface area contributed by atoms with E-state index in [0.29, 0.717) is 5.25 Å². The first-order chi connectivity index (χ1) is 10.9. The molecule has 0 radical (unpaired) electrons. The largest absolute Gasteiger partial charge is 0.393 e. The van der Waals surface area contributed by atoms with Gasteiger partial charge in [-0.05, 0) is 50.3 Å². The maximum atomic E-state index is 12.1. The molecule has 2 rings (SSSR count). The van der Waals surface area contributed by atoms with E-state index in [-0.39, 0.29) is 24.2 Å². The van der Waals surface area contributed by atoms with Gasteiger partial charge in [-0.15, -0.1) is 11.8 Å². The van der Waals surface area contributed by atoms with E-state index in [2.05, 4.69) is 48.7 Å². The number of nitrogens with one attached hydrogen (secondary N) is 2. The van der Waals surface area contributed by atoms with Crippen LogP contribution in [0.15, 0.2) is 29.2 Å². The monoisotopic (exact) mass is 336 g/mol. The Morgan fingerprint density at radius 1 is 1.13 bits per heavy atom. The number of urea groups is 1. The number of aliphatic hydroxyl groups is 1. The van der Waals surface area contributed by atoms with Crippen molar-refractivity contribution in [3.8, 4) is 0 Å². The second kappa shape index (κ2) is 8.60. The summed E-state index contributed by atoms with van der Waals surface area (Å²) in [7, 11) is 0. The molecule has 0 unspecified atom stereocenters. The number of carbonyl (C=O) groups excluding carboxylic acids is 1. The van der Waals surface area contributed by atoms with Crippen molar-refractivity contribution < 1.29 is 9.90 Å². The maximum Gasteiger partial charge on any atom is 0.315 e. The van der Waals surface area contributed by atoms with Gasteiger partial charge in [0.1, 0.15) is 0 Å². The number of aliphatic hydroxyl groups excluding tert-OH is 1. The Kier molecular flexibility index (Phi) is 6.78. The van der Waals surface area contributed by atoms with Gasteiger partial charge >= 0.3 is 6.03 Å². The topological polar surface area (TPSA) is 61.4 Å². The molecule has 0 bridgehead atoms. The van der Waals surface area contributed by atoms with E-state index in [0.717, 1.165) is 31.2 Å². The second-order valence-electron chi connectivity index (χ2n) is 6.58. The number of hydrogen-bond acceptors (Lipinski definition) is 3. The molecular formula is C18H28N2O2S. The quantitative estimate of drug-likeness (QED) is 0.716. The summed E-state index contributed by atoms with van der Waals surface area (Å²) >= 11 is 1.84. The number of amides is 2. The van der Waals surface area contributed by atoms with Crippen molar-refractivity contribution in [3.63, 3.8) is 0 Å². The highest BCUT2D eigenvalue weighted by Crippen LogP contribution is 2.24. The predicted molar refractivity (Wildman–Crippen MR) is 95.8 cm³/mol. The molecule has 1 aromatic rings. The van der Waals surface area contributed by atoms with Crippen molar-refractivity contribution in [3.05, 3.63) is 29.8 Å². The molecule has 5 heteroatoms. The second-order valence-corrected chi connectivity index (χ2v) is 8.23. The molecule has 0 saturated heterocycles. The fourth-order valence-corrected chi connectivity index (χ4v) is 3.67. The molecule has 2 amide bonds. The summed E-state index contributed by atoms with van der Waals surface area (Å²) in [4.78, 5) is 13.4. The molecule has 1 atom stereocenters. The molecule has 0 spiro atoms. The van der Waals surface area contributed by atoms with Gasteiger partial charge in [-0.2, -0.15) is 0 Å². The highest BCUT2D eigenvalue weighted by atomic mass is 32.2. The van der Waals surface area contributed by atoms with E-state index >= 15 is 0 Å². The zero-order chi connectivity index (χ0) is 16.8. The fraction of sp³-hybridized carbons (Fsp3) is 0.611. The molecule has 0 aromatic heterocycles. The van der Waals surface area contributed by atoms with Crippen LogP contribution in [-0.2, 0) is 0 Å². The Hall–Kier alpha value is -1.20. The first-order valence-corrected chi connectivity index (χ1v) is 9.33. The molecule has 3 N–H and O–H groups in total. The molecule has 0 heterocycles. The SMILES string of the molecule is CC(C)Sc1ccc([C@H](C)NC(=O)NC2CCC(O)CC2)cc1. The van der Waals surface area contributed by atoms with Crippen LogP contribution < -0.4 is 10.6 Å². The zero-order valence-electron chi connectivity index (χ0n) is 14.2. The minimum Gasteiger partial charge on any atom is -0.393 e. The van der Waals surface area contributed by atoms with Gasteiger partial charge in [0.25, 0.3) is 0 Å². The van der Waals surface area contributed by atoms with Crippen molar-refractivity contribution >= 4 is 17.8 Å². The lowest BCUT2D eigenvalue weighted by Crippen LogP contribution is -2.44. The van der Waals surface area contributed by atoms with Crippen LogP contribution in [0, 0.1) is 0 Å². The lowest BCUT2D eigenvalue weighted by atomic mass is 9.93. The van der Waals surface area contributed by atoms with Crippen LogP contribution >= 0.6 is 11.8 Å². The summed E-state index contributed by atoms with van der Waals surface area (Å²) in [5.41, 5.74) is 1.10. The van der Waals surface area contributed by atoms with Crippen LogP contribution in [0.25, 0.3) is 0 Å². The van der Waals surface area contributed by atoms with E-state index in [1.165, 1.54) is 4.90 Å². The average Bonchev–Trinajstić information content (AvgIpc) is 2.49. The number of hydrogen-bond donors (Lipinski definition) is 3. The van der Waals surface area contributed by atoms with Gasteiger partial charge in [0, 0.05) is 16.2 Å². The minimum atomic E-state index is -0.197. The predicted octanol–water partition coefficient (Wildman–Crippen LogP) is 3.85. The van der Waals surface area contributed by atoms with E-state index in [1.807, 2.05) is 18.7 Å². The van der Waals surface area contributed by atoms with Crippen LogP contribution in [0.2, 0.25) is 0 Å². The van der Waals surface area contributed by atoms with Gasteiger partial charge in [0.05, 0.1) is 12.1 Å². The third-order valence-electron chi connectivity index (χ3n) is 4.13. The van der Waals surface area contributed by atoms with E-state index < -0.39 is 0 Å². The number of carbonyl (C=O) groups is 1. The third-order valence-corrected chi connectivity index (χ3v) is 5.15. The Balaban J connectivity index is 1.81. The van der Waals surface area contributed by atoms with Gasteiger partial charge in [-0.1, -0.05) is 26.0 Å². The third kappa shape index (κ3) is 6.07. The average molecular weight is 337 g/mol. The van der Waals surface area contributed by atoms with Crippen molar-refractivity contribution in [2.75, 3.05) is 0 Å². The van der Waals surface area contributed by atoms with Crippen LogP contribution in [0.3, 0.4) is 0 Å². The summed E-state index contributed by atoms with van der Waals surface area (Å²) in [6.45, 7) is 6.35. The van der Waals surface area contributed by atoms with Crippen LogP contribution in [0.1, 0.15) is 58.1 Å². The summed E-state index contributed by atoms with van der Waals surface area (Å²) in [6, 6.07) is 8.40.